The summed E-state index contributed by atoms with van der Waals surface area (Å²) in [5.74, 6) is -0.915. The first-order valence-electron chi connectivity index (χ1n) is 13.6. The van der Waals surface area contributed by atoms with Crippen molar-refractivity contribution in [2.75, 3.05) is 7.11 Å². The molecule has 8 heteroatoms. The summed E-state index contributed by atoms with van der Waals surface area (Å²) in [5, 5.41) is 4.04. The second-order valence-electron chi connectivity index (χ2n) is 10.8. The third-order valence-electron chi connectivity index (χ3n) is 8.26. The molecular weight excluding hydrogens is 530 g/mol. The van der Waals surface area contributed by atoms with E-state index in [-0.39, 0.29) is 40.8 Å². The summed E-state index contributed by atoms with van der Waals surface area (Å²) < 4.78 is 17.2. The van der Waals surface area contributed by atoms with Gasteiger partial charge in [-0.3, -0.25) is 9.59 Å². The number of ketones is 1. The van der Waals surface area contributed by atoms with E-state index in [1.807, 2.05) is 24.3 Å². The summed E-state index contributed by atoms with van der Waals surface area (Å²) in [6.07, 6.45) is 5.60. The molecule has 206 valence electrons. The highest BCUT2D eigenvalue weighted by atomic mass is 35.5. The molecule has 2 aromatic carbocycles. The van der Waals surface area contributed by atoms with Gasteiger partial charge in [-0.25, -0.2) is 4.79 Å². The number of Topliss-reactive ketones (excluding diaryl/α,β-unsaturated/α-hetero) is 1. The summed E-state index contributed by atoms with van der Waals surface area (Å²) in [4.78, 5) is 41.5. The van der Waals surface area contributed by atoms with E-state index in [0.717, 1.165) is 37.0 Å². The standard InChI is InChI=1S/C32H30ClNO6/c1-17-28(32(37)40-21-7-3-4-8-21)29(24-16-39-27-11-10-20(33)15-23(27)31(24)36)30-25(34-17)13-19(14-26(30)35)18-6-5-9-22(12-18)38-2/h5-6,9-12,15-16,19,21,29,34H,3-4,7-8,13-14H2,1-2H3/t19-,29+/m0/s1. The summed E-state index contributed by atoms with van der Waals surface area (Å²) in [6, 6.07) is 12.5. The predicted octanol–water partition coefficient (Wildman–Crippen LogP) is 6.30. The lowest BCUT2D eigenvalue weighted by Crippen LogP contribution is -2.38. The van der Waals surface area contributed by atoms with Gasteiger partial charge in [0.05, 0.1) is 30.3 Å². The number of hydrogen-bond donors (Lipinski definition) is 1. The fourth-order valence-corrected chi connectivity index (χ4v) is 6.46. The first-order chi connectivity index (χ1) is 19.3. The van der Waals surface area contributed by atoms with Crippen LogP contribution in [0.25, 0.3) is 11.0 Å². The van der Waals surface area contributed by atoms with Gasteiger partial charge in [0.25, 0.3) is 0 Å². The smallest absolute Gasteiger partial charge is 0.337 e. The summed E-state index contributed by atoms with van der Waals surface area (Å²) in [5.41, 5.74) is 3.21. The van der Waals surface area contributed by atoms with E-state index in [0.29, 0.717) is 39.4 Å². The minimum atomic E-state index is -0.913. The van der Waals surface area contributed by atoms with Crippen LogP contribution in [0.2, 0.25) is 5.02 Å². The molecule has 6 rings (SSSR count). The van der Waals surface area contributed by atoms with Crippen LogP contribution < -0.4 is 15.5 Å². The van der Waals surface area contributed by atoms with E-state index in [4.69, 9.17) is 25.5 Å². The molecule has 0 unspecified atom stereocenters. The molecule has 2 heterocycles. The highest BCUT2D eigenvalue weighted by Crippen LogP contribution is 2.46. The third-order valence-corrected chi connectivity index (χ3v) is 8.50. The van der Waals surface area contributed by atoms with Gasteiger partial charge < -0.3 is 19.2 Å². The van der Waals surface area contributed by atoms with Crippen LogP contribution in [0.3, 0.4) is 0 Å². The topological polar surface area (TPSA) is 94.8 Å². The summed E-state index contributed by atoms with van der Waals surface area (Å²) in [6.45, 7) is 1.79. The van der Waals surface area contributed by atoms with E-state index in [1.54, 1.807) is 32.2 Å². The second-order valence-corrected chi connectivity index (χ2v) is 11.2. The van der Waals surface area contributed by atoms with Gasteiger partial charge in [0.15, 0.2) is 11.2 Å². The number of methoxy groups -OCH3 is 1. The number of allylic oxidation sites excluding steroid dienone is 3. The first-order valence-corrected chi connectivity index (χ1v) is 14.0. The lowest BCUT2D eigenvalue weighted by molar-refractivity contribution is -0.144. The van der Waals surface area contributed by atoms with Crippen LogP contribution in [0.15, 0.2) is 80.5 Å². The molecule has 40 heavy (non-hydrogen) atoms. The molecule has 2 atom stereocenters. The van der Waals surface area contributed by atoms with Gasteiger partial charge in [-0.2, -0.15) is 0 Å². The number of esters is 1. The molecular formula is C32H30ClNO6. The van der Waals surface area contributed by atoms with Crippen LogP contribution in [-0.2, 0) is 14.3 Å². The number of rotatable bonds is 5. The maximum atomic E-state index is 13.9. The molecule has 1 saturated carbocycles. The zero-order valence-corrected chi connectivity index (χ0v) is 23.2. The Balaban J connectivity index is 1.47. The maximum Gasteiger partial charge on any atom is 0.337 e. The van der Waals surface area contributed by atoms with Gasteiger partial charge in [0.2, 0.25) is 0 Å². The van der Waals surface area contributed by atoms with Crippen LogP contribution in [0.5, 0.6) is 5.75 Å². The molecule has 0 saturated heterocycles. The number of benzene rings is 2. The second kappa shape index (κ2) is 10.6. The van der Waals surface area contributed by atoms with Gasteiger partial charge in [0.1, 0.15) is 17.4 Å². The molecule has 7 nitrogen and oxygen atoms in total. The maximum absolute atomic E-state index is 13.9. The van der Waals surface area contributed by atoms with Gasteiger partial charge in [0, 0.05) is 34.0 Å². The van der Waals surface area contributed by atoms with Crippen LogP contribution in [0, 0.1) is 0 Å². The average Bonchev–Trinajstić information content (AvgIpc) is 3.45. The van der Waals surface area contributed by atoms with E-state index < -0.39 is 11.9 Å². The van der Waals surface area contributed by atoms with Gasteiger partial charge in [-0.1, -0.05) is 23.7 Å². The molecule has 2 aliphatic carbocycles. The minimum absolute atomic E-state index is 0.0823. The molecule has 0 radical (unpaired) electrons. The third kappa shape index (κ3) is 4.73. The Bertz CT molecular complexity index is 1640. The number of ether oxygens (including phenoxy) is 2. The lowest BCUT2D eigenvalue weighted by Gasteiger charge is -2.36. The number of nitrogens with one attached hydrogen (secondary N) is 1. The van der Waals surface area contributed by atoms with Gasteiger partial charge >= 0.3 is 5.97 Å². The molecule has 3 aromatic rings. The quantitative estimate of drug-likeness (QED) is 0.366. The Morgan fingerprint density at radius 1 is 1.07 bits per heavy atom. The van der Waals surface area contributed by atoms with Crippen molar-refractivity contribution in [3.63, 3.8) is 0 Å². The average molecular weight is 560 g/mol. The molecule has 0 amide bonds. The van der Waals surface area contributed by atoms with Crippen LogP contribution in [0.4, 0.5) is 0 Å². The van der Waals surface area contributed by atoms with Crippen molar-refractivity contribution in [3.05, 3.63) is 97.6 Å². The molecule has 3 aliphatic rings. The zero-order valence-electron chi connectivity index (χ0n) is 22.4. The highest BCUT2D eigenvalue weighted by molar-refractivity contribution is 6.31. The van der Waals surface area contributed by atoms with E-state index in [1.165, 1.54) is 6.26 Å². The molecule has 1 aliphatic heterocycles. The molecule has 1 fully saturated rings. The minimum Gasteiger partial charge on any atom is -0.497 e. The fraction of sp³-hybridized carbons (Fsp3) is 0.344. The number of carbonyl (C=O) groups is 2. The molecule has 0 spiro atoms. The normalized spacial score (nSPS) is 21.4. The Morgan fingerprint density at radius 3 is 2.65 bits per heavy atom. The van der Waals surface area contributed by atoms with Crippen molar-refractivity contribution in [1.29, 1.82) is 0 Å². The van der Waals surface area contributed by atoms with Gasteiger partial charge in [-0.15, -0.1) is 0 Å². The van der Waals surface area contributed by atoms with Crippen molar-refractivity contribution in [1.82, 2.24) is 5.32 Å². The number of hydrogen-bond acceptors (Lipinski definition) is 7. The Labute approximate surface area is 236 Å². The van der Waals surface area contributed by atoms with Crippen molar-refractivity contribution >= 4 is 34.3 Å². The monoisotopic (exact) mass is 559 g/mol. The molecule has 1 aromatic heterocycles. The van der Waals surface area contributed by atoms with E-state index in [2.05, 4.69) is 5.32 Å². The van der Waals surface area contributed by atoms with Crippen molar-refractivity contribution < 1.29 is 23.5 Å². The number of dihydropyridines is 1. The highest BCUT2D eigenvalue weighted by Gasteiger charge is 2.43. The Hall–Kier alpha value is -3.84. The first kappa shape index (κ1) is 26.4. The predicted molar refractivity (Wildman–Crippen MR) is 151 cm³/mol. The van der Waals surface area contributed by atoms with Crippen molar-refractivity contribution in [2.24, 2.45) is 0 Å². The Kier molecular flexibility index (Phi) is 7.00. The molecule has 1 N–H and O–H groups in total. The summed E-state index contributed by atoms with van der Waals surface area (Å²) in [7, 11) is 1.61. The van der Waals surface area contributed by atoms with Crippen molar-refractivity contribution in [2.45, 2.75) is 63.4 Å². The molecule has 0 bridgehead atoms. The van der Waals surface area contributed by atoms with Crippen LogP contribution in [-0.4, -0.2) is 25.0 Å². The largest absolute Gasteiger partial charge is 0.497 e. The Morgan fingerprint density at radius 2 is 1.88 bits per heavy atom. The lowest BCUT2D eigenvalue weighted by atomic mass is 9.72. The van der Waals surface area contributed by atoms with Crippen LogP contribution in [0.1, 0.15) is 68.4 Å². The zero-order chi connectivity index (χ0) is 28.0. The fourth-order valence-electron chi connectivity index (χ4n) is 6.29. The van der Waals surface area contributed by atoms with Gasteiger partial charge in [-0.05, 0) is 80.8 Å². The number of carbonyl (C=O) groups excluding carboxylic acids is 2. The van der Waals surface area contributed by atoms with E-state index in [9.17, 15) is 14.4 Å². The van der Waals surface area contributed by atoms with E-state index >= 15 is 0 Å². The number of halogens is 1. The van der Waals surface area contributed by atoms with Crippen LogP contribution >= 0.6 is 11.6 Å². The SMILES string of the molecule is COc1cccc([C@@H]2CC(=O)C3=C(C2)NC(C)=C(C(=O)OC2CCCC2)[C@H]3c2coc3ccc(Cl)cc3c2=O)c1. The number of fused-ring (bicyclic) bond motifs is 1. The summed E-state index contributed by atoms with van der Waals surface area (Å²) >= 11 is 6.21. The van der Waals surface area contributed by atoms with Crippen molar-refractivity contribution in [3.8, 4) is 5.75 Å².